The van der Waals surface area contributed by atoms with E-state index in [0.717, 1.165) is 11.1 Å². The van der Waals surface area contributed by atoms with Gasteiger partial charge in [0.2, 0.25) is 11.8 Å². The number of aromatic carboxylic acids is 1. The number of hydrogen-bond acceptors (Lipinski definition) is 4. The minimum Gasteiger partial charge on any atom is -0.478 e. The molecule has 1 unspecified atom stereocenters. The Balaban J connectivity index is 1.67. The largest absolute Gasteiger partial charge is 0.478 e. The molecule has 2 aromatic carbocycles. The summed E-state index contributed by atoms with van der Waals surface area (Å²) in [5.74, 6) is -1.92. The monoisotopic (exact) mass is 396 g/mol. The molecule has 2 N–H and O–H groups in total. The molecule has 1 aliphatic heterocycles. The summed E-state index contributed by atoms with van der Waals surface area (Å²) in [5.41, 5.74) is 3.26. The molecule has 1 saturated heterocycles. The summed E-state index contributed by atoms with van der Waals surface area (Å²) >= 11 is 0. The van der Waals surface area contributed by atoms with E-state index in [9.17, 15) is 19.5 Å². The zero-order valence-electron chi connectivity index (χ0n) is 16.5. The number of aryl methyl sites for hydroxylation is 1. The third kappa shape index (κ3) is 5.20. The van der Waals surface area contributed by atoms with Crippen molar-refractivity contribution in [1.82, 2.24) is 4.90 Å². The fraction of sp³-hybridized carbons (Fsp3) is 0.318. The van der Waals surface area contributed by atoms with Gasteiger partial charge in [0.15, 0.2) is 0 Å². The number of nitrogens with zero attached hydrogens (tertiary/aromatic N) is 1. The van der Waals surface area contributed by atoms with Crippen LogP contribution in [0.5, 0.6) is 0 Å². The van der Waals surface area contributed by atoms with Crippen LogP contribution in [0.2, 0.25) is 0 Å². The molecule has 3 rings (SSSR count). The molecule has 0 saturated carbocycles. The fourth-order valence-corrected chi connectivity index (χ4v) is 3.40. The molecule has 0 bridgehead atoms. The lowest BCUT2D eigenvalue weighted by Crippen LogP contribution is -2.28. The molecule has 1 atom stereocenters. The quantitative estimate of drug-likeness (QED) is 0.750. The molecule has 2 amide bonds. The highest BCUT2D eigenvalue weighted by Crippen LogP contribution is 2.23. The number of ether oxygens (including phenoxy) is 1. The molecule has 1 aliphatic rings. The molecule has 0 aliphatic carbocycles. The second-order valence-corrected chi connectivity index (χ2v) is 7.31. The van der Waals surface area contributed by atoms with E-state index in [1.165, 1.54) is 19.2 Å². The number of carboxylic acid groups (broad SMARTS) is 1. The van der Waals surface area contributed by atoms with Crippen LogP contribution in [0, 0.1) is 12.8 Å². The maximum absolute atomic E-state index is 12.7. The summed E-state index contributed by atoms with van der Waals surface area (Å²) in [6.45, 7) is 3.04. The average Bonchev–Trinajstić information content (AvgIpc) is 3.04. The summed E-state index contributed by atoms with van der Waals surface area (Å²) < 4.78 is 5.06. The first-order valence-corrected chi connectivity index (χ1v) is 9.36. The number of methoxy groups -OCH3 is 1. The standard InChI is InChI=1S/C22H24N2O5/c1-14-3-5-15(6-4-14)11-24-12-18(10-20(24)25)21(26)23-19-8-16(13-29-2)7-17(9-19)22(27)28/h3-9,18H,10-13H2,1-2H3,(H,23,26)(H,27,28). The van der Waals surface area contributed by atoms with Crippen molar-refractivity contribution in [3.63, 3.8) is 0 Å². The smallest absolute Gasteiger partial charge is 0.335 e. The van der Waals surface area contributed by atoms with Crippen LogP contribution in [0.1, 0.15) is 33.5 Å². The van der Waals surface area contributed by atoms with Gasteiger partial charge in [0.25, 0.3) is 0 Å². The highest BCUT2D eigenvalue weighted by atomic mass is 16.5. The third-order valence-corrected chi connectivity index (χ3v) is 4.90. The molecular weight excluding hydrogens is 372 g/mol. The number of rotatable bonds is 7. The minimum atomic E-state index is -1.08. The zero-order valence-corrected chi connectivity index (χ0v) is 16.5. The van der Waals surface area contributed by atoms with Crippen molar-refractivity contribution in [2.24, 2.45) is 5.92 Å². The highest BCUT2D eigenvalue weighted by molar-refractivity contribution is 5.98. The van der Waals surface area contributed by atoms with E-state index >= 15 is 0 Å². The lowest BCUT2D eigenvalue weighted by atomic mass is 10.1. The zero-order chi connectivity index (χ0) is 21.0. The van der Waals surface area contributed by atoms with Crippen LogP contribution in [0.25, 0.3) is 0 Å². The van der Waals surface area contributed by atoms with Crippen molar-refractivity contribution in [3.05, 3.63) is 64.7 Å². The van der Waals surface area contributed by atoms with Gasteiger partial charge in [-0.15, -0.1) is 0 Å². The number of likely N-dealkylation sites (tertiary alicyclic amines) is 1. The number of nitrogens with one attached hydrogen (secondary N) is 1. The molecule has 7 heteroatoms. The maximum atomic E-state index is 12.7. The number of anilines is 1. The van der Waals surface area contributed by atoms with Crippen LogP contribution in [0.3, 0.4) is 0 Å². The van der Waals surface area contributed by atoms with Gasteiger partial charge in [0, 0.05) is 32.3 Å². The first-order chi connectivity index (χ1) is 13.9. The van der Waals surface area contributed by atoms with Crippen molar-refractivity contribution in [3.8, 4) is 0 Å². The normalized spacial score (nSPS) is 16.1. The predicted molar refractivity (Wildman–Crippen MR) is 107 cm³/mol. The number of carbonyl (C=O) groups is 3. The topological polar surface area (TPSA) is 95.9 Å². The van der Waals surface area contributed by atoms with Gasteiger partial charge in [-0.05, 0) is 36.2 Å². The first-order valence-electron chi connectivity index (χ1n) is 9.36. The van der Waals surface area contributed by atoms with Gasteiger partial charge >= 0.3 is 5.97 Å². The molecule has 0 aromatic heterocycles. The molecular formula is C22H24N2O5. The maximum Gasteiger partial charge on any atom is 0.335 e. The Hall–Kier alpha value is -3.19. The van der Waals surface area contributed by atoms with Crippen LogP contribution in [-0.4, -0.2) is 41.4 Å². The highest BCUT2D eigenvalue weighted by Gasteiger charge is 2.34. The molecule has 0 spiro atoms. The van der Waals surface area contributed by atoms with Gasteiger partial charge in [-0.25, -0.2) is 4.79 Å². The van der Waals surface area contributed by atoms with Crippen molar-refractivity contribution in [2.45, 2.75) is 26.5 Å². The lowest BCUT2D eigenvalue weighted by Gasteiger charge is -2.17. The number of benzene rings is 2. The van der Waals surface area contributed by atoms with E-state index in [-0.39, 0.29) is 30.4 Å². The Morgan fingerprint density at radius 1 is 1.17 bits per heavy atom. The minimum absolute atomic E-state index is 0.0647. The summed E-state index contributed by atoms with van der Waals surface area (Å²) in [5, 5.41) is 12.0. The molecule has 0 radical (unpaired) electrons. The number of hydrogen-bond donors (Lipinski definition) is 2. The van der Waals surface area contributed by atoms with Crippen molar-refractivity contribution in [1.29, 1.82) is 0 Å². The summed E-state index contributed by atoms with van der Waals surface area (Å²) in [7, 11) is 1.51. The van der Waals surface area contributed by atoms with Crippen LogP contribution >= 0.6 is 0 Å². The Morgan fingerprint density at radius 2 is 1.90 bits per heavy atom. The molecule has 29 heavy (non-hydrogen) atoms. The van der Waals surface area contributed by atoms with Crippen LogP contribution < -0.4 is 5.32 Å². The fourth-order valence-electron chi connectivity index (χ4n) is 3.40. The first kappa shape index (κ1) is 20.5. The predicted octanol–water partition coefficient (Wildman–Crippen LogP) is 2.83. The third-order valence-electron chi connectivity index (χ3n) is 4.90. The van der Waals surface area contributed by atoms with Crippen molar-refractivity contribution < 1.29 is 24.2 Å². The van der Waals surface area contributed by atoms with Gasteiger partial charge in [0.05, 0.1) is 18.1 Å². The van der Waals surface area contributed by atoms with Gasteiger partial charge < -0.3 is 20.1 Å². The summed E-state index contributed by atoms with van der Waals surface area (Å²) in [6.07, 6.45) is 0.140. The van der Waals surface area contributed by atoms with E-state index < -0.39 is 11.9 Å². The van der Waals surface area contributed by atoms with E-state index in [1.54, 1.807) is 11.0 Å². The van der Waals surface area contributed by atoms with E-state index in [4.69, 9.17) is 4.74 Å². The summed E-state index contributed by atoms with van der Waals surface area (Å²) in [4.78, 5) is 38.0. The van der Waals surface area contributed by atoms with E-state index in [1.807, 2.05) is 31.2 Å². The van der Waals surface area contributed by atoms with Crippen molar-refractivity contribution >= 4 is 23.5 Å². The van der Waals surface area contributed by atoms with Gasteiger partial charge in [-0.3, -0.25) is 9.59 Å². The molecule has 1 heterocycles. The summed E-state index contributed by atoms with van der Waals surface area (Å²) in [6, 6.07) is 12.5. The average molecular weight is 396 g/mol. The van der Waals surface area contributed by atoms with Gasteiger partial charge in [0.1, 0.15) is 0 Å². The van der Waals surface area contributed by atoms with Gasteiger partial charge in [-0.1, -0.05) is 29.8 Å². The van der Waals surface area contributed by atoms with Crippen molar-refractivity contribution in [2.75, 3.05) is 19.0 Å². The lowest BCUT2D eigenvalue weighted by molar-refractivity contribution is -0.128. The molecule has 2 aromatic rings. The molecule has 7 nitrogen and oxygen atoms in total. The van der Waals surface area contributed by atoms with Crippen LogP contribution in [0.4, 0.5) is 5.69 Å². The second-order valence-electron chi connectivity index (χ2n) is 7.31. The van der Waals surface area contributed by atoms with E-state index in [0.29, 0.717) is 24.3 Å². The number of amides is 2. The van der Waals surface area contributed by atoms with Crippen LogP contribution in [0.15, 0.2) is 42.5 Å². The Kier molecular flexibility index (Phi) is 6.29. The second kappa shape index (κ2) is 8.87. The molecule has 152 valence electrons. The van der Waals surface area contributed by atoms with Crippen LogP contribution in [-0.2, 0) is 27.5 Å². The number of carbonyl (C=O) groups excluding carboxylic acids is 2. The number of carboxylic acids is 1. The molecule has 1 fully saturated rings. The van der Waals surface area contributed by atoms with E-state index in [2.05, 4.69) is 5.32 Å². The van der Waals surface area contributed by atoms with Gasteiger partial charge in [-0.2, -0.15) is 0 Å². The Labute approximate surface area is 169 Å². The Bertz CT molecular complexity index is 923. The Morgan fingerprint density at radius 3 is 2.55 bits per heavy atom. The SMILES string of the molecule is COCc1cc(NC(=O)C2CC(=O)N(Cc3ccc(C)cc3)C2)cc(C(=O)O)c1.